The number of hydrogen-bond acceptors (Lipinski definition) is 22. The zero-order valence-electron chi connectivity index (χ0n) is 64.8. The predicted molar refractivity (Wildman–Crippen MR) is 414 cm³/mol. The molecule has 6 saturated heterocycles. The van der Waals surface area contributed by atoms with Crippen LogP contribution in [0.5, 0.6) is 6.01 Å². The number of likely N-dealkylation sites (tertiary alicyclic amines) is 6. The molecule has 9 atom stereocenters. The van der Waals surface area contributed by atoms with Crippen molar-refractivity contribution in [2.45, 2.75) is 158 Å². The Morgan fingerprint density at radius 3 is 1.16 bits per heavy atom. The van der Waals surface area contributed by atoms with E-state index in [-0.39, 0.29) is 85.4 Å². The van der Waals surface area contributed by atoms with E-state index in [9.17, 15) is 45.6 Å². The lowest BCUT2D eigenvalue weighted by Crippen LogP contribution is -2.39. The van der Waals surface area contributed by atoms with Gasteiger partial charge in [-0.1, -0.05) is 82.4 Å². The first-order chi connectivity index (χ1) is 49.7. The summed E-state index contributed by atoms with van der Waals surface area (Å²) in [5.41, 5.74) is 5.30. The first-order valence-electron chi connectivity index (χ1n) is 36.3. The second-order valence-corrected chi connectivity index (χ2v) is 34.8. The highest BCUT2D eigenvalue weighted by Crippen LogP contribution is 2.37. The van der Waals surface area contributed by atoms with Crippen molar-refractivity contribution in [2.75, 3.05) is 118 Å². The Bertz CT molecular complexity index is 4100. The summed E-state index contributed by atoms with van der Waals surface area (Å²) >= 11 is 0. The van der Waals surface area contributed by atoms with Crippen LogP contribution >= 0.6 is 0 Å². The number of benzene rings is 2. The maximum absolute atomic E-state index is 13.4. The number of fused-ring (bicyclic) bond motifs is 3. The molecule has 11 rings (SSSR count). The largest absolute Gasteiger partial charge is 0.469 e. The third-order valence-corrected chi connectivity index (χ3v) is 21.8. The molecule has 2 aromatic carbocycles. The monoisotopic (exact) mass is 1540 g/mol. The summed E-state index contributed by atoms with van der Waals surface area (Å²) in [6.45, 7) is 42.2. The van der Waals surface area contributed by atoms with Gasteiger partial charge in [0.15, 0.2) is 0 Å². The number of nitrogens with one attached hydrogen (secondary N) is 1. The molecule has 6 unspecified atom stereocenters. The van der Waals surface area contributed by atoms with Crippen LogP contribution in [0.2, 0.25) is 0 Å². The van der Waals surface area contributed by atoms with Crippen LogP contribution in [0.1, 0.15) is 171 Å². The molecular formula is C79H117N13O14S2. The van der Waals surface area contributed by atoms with Gasteiger partial charge in [-0.05, 0) is 150 Å². The topological polar surface area (TPSA) is 316 Å². The number of esters is 1. The van der Waals surface area contributed by atoms with Crippen LogP contribution in [0.3, 0.4) is 0 Å². The van der Waals surface area contributed by atoms with E-state index in [1.807, 2.05) is 95.5 Å². The minimum atomic E-state index is -3.56. The molecule has 27 nitrogen and oxygen atoms in total. The van der Waals surface area contributed by atoms with Crippen LogP contribution in [0, 0.1) is 83.0 Å². The van der Waals surface area contributed by atoms with Gasteiger partial charge in [-0.3, -0.25) is 19.2 Å². The van der Waals surface area contributed by atoms with Crippen LogP contribution in [0.4, 0.5) is 9.59 Å². The van der Waals surface area contributed by atoms with Gasteiger partial charge in [0.1, 0.15) is 17.8 Å². The fourth-order valence-electron chi connectivity index (χ4n) is 14.9. The van der Waals surface area contributed by atoms with E-state index in [1.165, 1.54) is 12.7 Å². The molecule has 0 saturated carbocycles. The van der Waals surface area contributed by atoms with Gasteiger partial charge in [0, 0.05) is 109 Å². The smallest absolute Gasteiger partial charge is 0.410 e. The van der Waals surface area contributed by atoms with E-state index in [0.717, 1.165) is 83.3 Å². The summed E-state index contributed by atoms with van der Waals surface area (Å²) in [5, 5.41) is 2.52. The number of nitrogens with zero attached hydrogens (tertiary/aromatic N) is 12. The molecule has 6 aliphatic rings. The number of carbonyl (C=O) groups excluding carboxylic acids is 6. The lowest BCUT2D eigenvalue weighted by molar-refractivity contribution is -0.145. The Morgan fingerprint density at radius 2 is 0.815 bits per heavy atom. The average Bonchev–Trinajstić information content (AvgIpc) is 1.54. The number of amides is 5. The van der Waals surface area contributed by atoms with Gasteiger partial charge in [0.25, 0.3) is 17.7 Å². The molecule has 3 aromatic heterocycles. The van der Waals surface area contributed by atoms with Crippen LogP contribution in [-0.2, 0) is 38.7 Å². The Hall–Kier alpha value is -8.54. The maximum atomic E-state index is 13.4. The molecule has 5 amide bonds. The molecule has 9 heterocycles. The van der Waals surface area contributed by atoms with Gasteiger partial charge in [-0.15, -0.1) is 13.2 Å². The van der Waals surface area contributed by atoms with Gasteiger partial charge < -0.3 is 53.7 Å². The van der Waals surface area contributed by atoms with Crippen LogP contribution in [0.15, 0.2) is 84.1 Å². The van der Waals surface area contributed by atoms with E-state index in [2.05, 4.69) is 95.4 Å². The molecule has 6 aliphatic heterocycles. The summed E-state index contributed by atoms with van der Waals surface area (Å²) in [4.78, 5) is 114. The summed E-state index contributed by atoms with van der Waals surface area (Å²) in [6, 6.07) is 20.6. The zero-order valence-corrected chi connectivity index (χ0v) is 66.4. The molecule has 594 valence electrons. The lowest BCUT2D eigenvalue weighted by Gasteiger charge is -2.26. The summed E-state index contributed by atoms with van der Waals surface area (Å²) in [5.74, 6) is 1.59. The van der Waals surface area contributed by atoms with Gasteiger partial charge in [-0.2, -0.15) is 9.97 Å². The number of methoxy groups -OCH3 is 1. The van der Waals surface area contributed by atoms with Crippen LogP contribution < -0.4 is 10.1 Å². The van der Waals surface area contributed by atoms with Crippen molar-refractivity contribution in [3.8, 4) is 6.01 Å². The third kappa shape index (κ3) is 23.0. The number of rotatable bonds is 18. The van der Waals surface area contributed by atoms with Gasteiger partial charge in [0.05, 0.1) is 69.9 Å². The molecule has 108 heavy (non-hydrogen) atoms. The Balaban J connectivity index is 0.000000251. The van der Waals surface area contributed by atoms with Crippen LogP contribution in [-0.4, -0.2) is 241 Å². The van der Waals surface area contributed by atoms with Crippen LogP contribution in [0.25, 0.3) is 0 Å². The minimum absolute atomic E-state index is 0. The van der Waals surface area contributed by atoms with Crippen molar-refractivity contribution >= 4 is 55.6 Å². The number of aryl methyl sites for hydroxylation is 6. The predicted octanol–water partition coefficient (Wildman–Crippen LogP) is 10.1. The summed E-state index contributed by atoms with van der Waals surface area (Å²) < 4.78 is 68.4. The number of carbonyl (C=O) groups is 6. The zero-order chi connectivity index (χ0) is 78.1. The molecule has 0 radical (unpaired) electrons. The van der Waals surface area contributed by atoms with E-state index in [4.69, 9.17) is 18.9 Å². The lowest BCUT2D eigenvalue weighted by atomic mass is 9.98. The highest BCUT2D eigenvalue weighted by molar-refractivity contribution is 7.90. The van der Waals surface area contributed by atoms with Crippen molar-refractivity contribution in [1.82, 2.24) is 64.6 Å². The van der Waals surface area contributed by atoms with Gasteiger partial charge >= 0.3 is 24.2 Å². The second kappa shape index (κ2) is 37.2. The second-order valence-electron chi connectivity index (χ2n) is 31.0. The molecule has 0 aliphatic carbocycles. The molecule has 1 N–H and O–H groups in total. The first kappa shape index (κ1) is 88.4. The minimum Gasteiger partial charge on any atom is -0.469 e. The van der Waals surface area contributed by atoms with E-state index < -0.39 is 42.9 Å². The average molecular weight is 1540 g/mol. The number of alkyl carbamates (subject to hydrolysis) is 1. The van der Waals surface area contributed by atoms with Crippen molar-refractivity contribution in [1.29, 1.82) is 0 Å². The van der Waals surface area contributed by atoms with Gasteiger partial charge in [-0.25, -0.2) is 46.4 Å². The standard InChI is InChI=1S/C28H39N5O5S.C28H38N4O4.C19H28N4O5S.C2H4.2CH4/c1-18-24(19(2)30-26(29-18)39(6,36)37)25(34)33-16-21-14-32(15-22(21)17-33)13-12-23(20-10-8-7-9-11-20)31-27(35)38-28(3,4)5;1-18(22-9-7-6-8-10-22)11-12-31-13-23-15-32(16-24(23)14-31)26(33)25-20(3)29-28(30-21(25)4)36-17-19(2)27(34)35-5;1-11-15(12(2)21-17(20-11)29(6,26)27)16(24)22-7-13-9-23(10-14(13)8-22)18(25)28-19(3,4)5;1-2;;/h7-11,21-23H,12-17H2,1-6H3,(H,31,35);6-10,18-19,23-24H,11-17H2,1-5H3;13-14H,7-10H2,1-6H3;1-2H2;2*1H4/t21?,22?,23-;18-,19+,23?,24?;;;;/m00..../s1. The molecule has 0 spiro atoms. The van der Waals surface area contributed by atoms with Crippen molar-refractivity contribution in [3.63, 3.8) is 0 Å². The SMILES string of the molecule is C.C.C=C.COC(=O)[C@H](C)COc1nc(C)c(C(=O)N2CC3CN(CC[C@H](C)c4ccccc4)CC3C2)c(C)n1.Cc1nc(S(C)(=O)=O)nc(C)c1C(=O)N1CC2CN(C(=O)OC(C)(C)C)CC2C1.Cc1nc(S(C)(=O)=O)nc(C)c1C(=O)N1CC2CN(CC[C@H](NC(=O)OC(C)(C)C)c3ccccc3)CC2C1. The third-order valence-electron chi connectivity index (χ3n) is 20.1. The summed E-state index contributed by atoms with van der Waals surface area (Å²) in [7, 11) is -5.75. The molecular weight excluding hydrogens is 1420 g/mol. The van der Waals surface area contributed by atoms with Crippen molar-refractivity contribution in [3.05, 3.63) is 136 Å². The van der Waals surface area contributed by atoms with E-state index in [0.29, 0.717) is 120 Å². The van der Waals surface area contributed by atoms with Crippen molar-refractivity contribution < 1.29 is 64.6 Å². The van der Waals surface area contributed by atoms with E-state index in [1.54, 1.807) is 44.4 Å². The number of hydrogen-bond donors (Lipinski definition) is 1. The first-order valence-corrected chi connectivity index (χ1v) is 40.1. The van der Waals surface area contributed by atoms with Crippen molar-refractivity contribution in [2.24, 2.45) is 41.4 Å². The van der Waals surface area contributed by atoms with Gasteiger partial charge in [0.2, 0.25) is 30.0 Å². The number of sulfone groups is 2. The molecule has 5 aromatic rings. The fourth-order valence-corrected chi connectivity index (χ4v) is 16.1. The number of aromatic nitrogens is 6. The van der Waals surface area contributed by atoms with E-state index >= 15 is 0 Å². The number of ether oxygens (including phenoxy) is 4. The Kier molecular flexibility index (Phi) is 30.5. The highest BCUT2D eigenvalue weighted by atomic mass is 32.2. The quantitative estimate of drug-likeness (QED) is 0.0369. The summed E-state index contributed by atoms with van der Waals surface area (Å²) in [6.07, 6.45) is 3.25. The fraction of sp³-hybridized carbons (Fsp3) is 0.595. The Labute approximate surface area is 640 Å². The highest BCUT2D eigenvalue weighted by Gasteiger charge is 2.47. The molecule has 29 heteroatoms. The Morgan fingerprint density at radius 1 is 0.491 bits per heavy atom. The maximum Gasteiger partial charge on any atom is 0.410 e. The molecule has 6 fully saturated rings. The normalized spacial score (nSPS) is 20.4. The molecule has 0 bridgehead atoms.